The Morgan fingerprint density at radius 1 is 1.50 bits per heavy atom. The molecule has 5 nitrogen and oxygen atoms in total. The Kier molecular flexibility index (Phi) is 3.16. The lowest BCUT2D eigenvalue weighted by molar-refractivity contribution is 0.598. The summed E-state index contributed by atoms with van der Waals surface area (Å²) in [7, 11) is 1.70. The van der Waals surface area contributed by atoms with E-state index in [0.29, 0.717) is 16.6 Å². The molecule has 0 fully saturated rings. The third-order valence-corrected chi connectivity index (χ3v) is 3.09. The van der Waals surface area contributed by atoms with Crippen LogP contribution in [0.1, 0.15) is 5.56 Å². The Bertz CT molecular complexity index is 498. The largest absolute Gasteiger partial charge is 0.326 e. The van der Waals surface area contributed by atoms with Gasteiger partial charge in [-0.15, -0.1) is 5.10 Å². The molecule has 0 saturated carbocycles. The standard InChI is InChI=1S/C9H10FN5S/c1-15-9(12-13-14-15)16-8-3-2-6(5-11)4-7(8)10/h2-4H,5,11H2,1H3. The molecule has 0 saturated heterocycles. The molecular formula is C9H10FN5S. The maximum absolute atomic E-state index is 13.6. The molecule has 0 bridgehead atoms. The van der Waals surface area contributed by atoms with Gasteiger partial charge in [-0.25, -0.2) is 9.07 Å². The average Bonchev–Trinajstić information content (AvgIpc) is 2.67. The Hall–Kier alpha value is -1.47. The second-order valence-electron chi connectivity index (χ2n) is 3.16. The number of aromatic nitrogens is 4. The first-order valence-electron chi connectivity index (χ1n) is 4.59. The summed E-state index contributed by atoms with van der Waals surface area (Å²) in [6.45, 7) is 0.327. The van der Waals surface area contributed by atoms with Crippen LogP contribution in [0, 0.1) is 5.82 Å². The lowest BCUT2D eigenvalue weighted by Gasteiger charge is -2.03. The van der Waals surface area contributed by atoms with Gasteiger partial charge in [0.05, 0.1) is 4.90 Å². The smallest absolute Gasteiger partial charge is 0.213 e. The van der Waals surface area contributed by atoms with Crippen LogP contribution in [0.15, 0.2) is 28.3 Å². The predicted molar refractivity (Wildman–Crippen MR) is 57.2 cm³/mol. The minimum absolute atomic E-state index is 0.309. The third kappa shape index (κ3) is 2.20. The molecular weight excluding hydrogens is 229 g/mol. The van der Waals surface area contributed by atoms with Gasteiger partial charge in [0.15, 0.2) is 0 Å². The van der Waals surface area contributed by atoms with Gasteiger partial charge in [0.1, 0.15) is 5.82 Å². The summed E-state index contributed by atoms with van der Waals surface area (Å²) in [6.07, 6.45) is 0. The molecule has 0 aliphatic carbocycles. The fraction of sp³-hybridized carbons (Fsp3) is 0.222. The molecule has 0 aliphatic heterocycles. The number of benzene rings is 1. The van der Waals surface area contributed by atoms with E-state index < -0.39 is 0 Å². The van der Waals surface area contributed by atoms with Gasteiger partial charge in [-0.2, -0.15) is 0 Å². The SMILES string of the molecule is Cn1nnnc1Sc1ccc(CN)cc1F. The normalized spacial score (nSPS) is 10.7. The van der Waals surface area contributed by atoms with Crippen molar-refractivity contribution < 1.29 is 4.39 Å². The first-order chi connectivity index (χ1) is 7.70. The van der Waals surface area contributed by atoms with Crippen molar-refractivity contribution in [3.63, 3.8) is 0 Å². The number of hydrogen-bond acceptors (Lipinski definition) is 5. The topological polar surface area (TPSA) is 69.6 Å². The predicted octanol–water partition coefficient (Wildman–Crippen LogP) is 0.959. The molecule has 0 atom stereocenters. The number of rotatable bonds is 3. The van der Waals surface area contributed by atoms with Gasteiger partial charge in [0, 0.05) is 13.6 Å². The van der Waals surface area contributed by atoms with Crippen LogP contribution in [-0.4, -0.2) is 20.2 Å². The van der Waals surface area contributed by atoms with Gasteiger partial charge in [-0.05, 0) is 39.9 Å². The summed E-state index contributed by atoms with van der Waals surface area (Å²) >= 11 is 1.18. The molecule has 0 radical (unpaired) electrons. The Morgan fingerprint density at radius 2 is 2.31 bits per heavy atom. The van der Waals surface area contributed by atoms with Gasteiger partial charge in [-0.3, -0.25) is 0 Å². The van der Waals surface area contributed by atoms with Crippen LogP contribution in [0.5, 0.6) is 0 Å². The fourth-order valence-electron chi connectivity index (χ4n) is 1.16. The maximum atomic E-state index is 13.6. The van der Waals surface area contributed by atoms with Crippen molar-refractivity contribution in [2.45, 2.75) is 16.6 Å². The molecule has 7 heteroatoms. The number of halogens is 1. The molecule has 1 aromatic carbocycles. The molecule has 2 rings (SSSR count). The highest BCUT2D eigenvalue weighted by Crippen LogP contribution is 2.27. The highest BCUT2D eigenvalue weighted by molar-refractivity contribution is 7.99. The third-order valence-electron chi connectivity index (χ3n) is 2.01. The molecule has 2 aromatic rings. The van der Waals surface area contributed by atoms with Crippen LogP contribution in [-0.2, 0) is 13.6 Å². The fourth-order valence-corrected chi connectivity index (χ4v) is 1.90. The van der Waals surface area contributed by atoms with Crippen LogP contribution in [0.4, 0.5) is 4.39 Å². The van der Waals surface area contributed by atoms with Crippen molar-refractivity contribution in [1.82, 2.24) is 20.2 Å². The summed E-state index contributed by atoms with van der Waals surface area (Å²) < 4.78 is 15.1. The van der Waals surface area contributed by atoms with E-state index in [2.05, 4.69) is 15.5 Å². The van der Waals surface area contributed by atoms with Crippen LogP contribution >= 0.6 is 11.8 Å². The highest BCUT2D eigenvalue weighted by atomic mass is 32.2. The number of aryl methyl sites for hydroxylation is 1. The second-order valence-corrected chi connectivity index (χ2v) is 4.17. The summed E-state index contributed by atoms with van der Waals surface area (Å²) in [5.74, 6) is -0.309. The van der Waals surface area contributed by atoms with Crippen LogP contribution in [0.3, 0.4) is 0 Å². The quantitative estimate of drug-likeness (QED) is 0.864. The minimum Gasteiger partial charge on any atom is -0.326 e. The Morgan fingerprint density at radius 3 is 2.88 bits per heavy atom. The highest BCUT2D eigenvalue weighted by Gasteiger charge is 2.09. The maximum Gasteiger partial charge on any atom is 0.213 e. The summed E-state index contributed by atoms with van der Waals surface area (Å²) in [6, 6.07) is 4.89. The van der Waals surface area contributed by atoms with Crippen molar-refractivity contribution in [3.05, 3.63) is 29.6 Å². The summed E-state index contributed by atoms with van der Waals surface area (Å²) in [5, 5.41) is 11.5. The molecule has 1 heterocycles. The summed E-state index contributed by atoms with van der Waals surface area (Å²) in [4.78, 5) is 0.482. The van der Waals surface area contributed by atoms with E-state index in [1.165, 1.54) is 22.5 Å². The second kappa shape index (κ2) is 4.58. The van der Waals surface area contributed by atoms with Crippen molar-refractivity contribution >= 4 is 11.8 Å². The molecule has 2 N–H and O–H groups in total. The number of nitrogens with zero attached hydrogens (tertiary/aromatic N) is 4. The van der Waals surface area contributed by atoms with Crippen LogP contribution < -0.4 is 5.73 Å². The molecule has 0 aliphatic rings. The van der Waals surface area contributed by atoms with Gasteiger partial charge >= 0.3 is 0 Å². The molecule has 0 spiro atoms. The van der Waals surface area contributed by atoms with E-state index in [-0.39, 0.29) is 5.82 Å². The van der Waals surface area contributed by atoms with Gasteiger partial charge in [0.25, 0.3) is 0 Å². The number of tetrazole rings is 1. The van der Waals surface area contributed by atoms with E-state index in [1.54, 1.807) is 19.2 Å². The minimum atomic E-state index is -0.309. The van der Waals surface area contributed by atoms with E-state index in [9.17, 15) is 4.39 Å². The molecule has 16 heavy (non-hydrogen) atoms. The molecule has 1 aromatic heterocycles. The van der Waals surface area contributed by atoms with E-state index in [0.717, 1.165) is 5.56 Å². The van der Waals surface area contributed by atoms with Crippen LogP contribution in [0.25, 0.3) is 0 Å². The van der Waals surface area contributed by atoms with E-state index in [1.807, 2.05) is 0 Å². The monoisotopic (exact) mass is 239 g/mol. The van der Waals surface area contributed by atoms with E-state index >= 15 is 0 Å². The van der Waals surface area contributed by atoms with Gasteiger partial charge in [0.2, 0.25) is 5.16 Å². The number of nitrogens with two attached hydrogens (primary N) is 1. The Balaban J connectivity index is 2.25. The van der Waals surface area contributed by atoms with Gasteiger partial charge < -0.3 is 5.73 Å². The average molecular weight is 239 g/mol. The van der Waals surface area contributed by atoms with Crippen molar-refractivity contribution in [3.8, 4) is 0 Å². The zero-order chi connectivity index (χ0) is 11.5. The van der Waals surface area contributed by atoms with Gasteiger partial charge in [-0.1, -0.05) is 6.07 Å². The zero-order valence-corrected chi connectivity index (χ0v) is 9.41. The first-order valence-corrected chi connectivity index (χ1v) is 5.41. The Labute approximate surface area is 95.8 Å². The molecule has 84 valence electrons. The molecule has 0 amide bonds. The van der Waals surface area contributed by atoms with Crippen molar-refractivity contribution in [2.24, 2.45) is 12.8 Å². The lowest BCUT2D eigenvalue weighted by atomic mass is 10.2. The zero-order valence-electron chi connectivity index (χ0n) is 8.59. The number of hydrogen-bond donors (Lipinski definition) is 1. The first kappa shape index (κ1) is 11.0. The summed E-state index contributed by atoms with van der Waals surface area (Å²) in [5.41, 5.74) is 6.18. The lowest BCUT2D eigenvalue weighted by Crippen LogP contribution is -1.98. The van der Waals surface area contributed by atoms with Crippen molar-refractivity contribution in [2.75, 3.05) is 0 Å². The molecule has 0 unspecified atom stereocenters. The van der Waals surface area contributed by atoms with Crippen molar-refractivity contribution in [1.29, 1.82) is 0 Å². The van der Waals surface area contributed by atoms with E-state index in [4.69, 9.17) is 5.73 Å². The van der Waals surface area contributed by atoms with Crippen LogP contribution in [0.2, 0.25) is 0 Å².